The summed E-state index contributed by atoms with van der Waals surface area (Å²) in [7, 11) is 0. The van der Waals surface area contributed by atoms with Crippen molar-refractivity contribution in [3.8, 4) is 0 Å². The summed E-state index contributed by atoms with van der Waals surface area (Å²) in [6.45, 7) is 0. The fraction of sp³-hybridized carbons (Fsp3) is 0.800. The number of hydrogen-bond acceptors (Lipinski definition) is 2. The van der Waals surface area contributed by atoms with Crippen molar-refractivity contribution < 1.29 is 9.59 Å². The highest BCUT2D eigenvalue weighted by atomic mass is 16.2. The molecular formula is C10H12O2. The van der Waals surface area contributed by atoms with Gasteiger partial charge in [-0.2, -0.15) is 0 Å². The summed E-state index contributed by atoms with van der Waals surface area (Å²) in [5, 5.41) is 0. The van der Waals surface area contributed by atoms with Gasteiger partial charge in [-0.15, -0.1) is 0 Å². The number of hydrogen-bond donors (Lipinski definition) is 0. The smallest absolute Gasteiger partial charge is 0.146 e. The fourth-order valence-electron chi connectivity index (χ4n) is 2.58. The van der Waals surface area contributed by atoms with Crippen molar-refractivity contribution in [2.24, 2.45) is 10.8 Å². The lowest BCUT2D eigenvalue weighted by Gasteiger charge is -2.26. The quantitative estimate of drug-likeness (QED) is 0.508. The molecule has 3 aliphatic carbocycles. The Hall–Kier alpha value is -0.660. The highest BCUT2D eigenvalue weighted by molar-refractivity contribution is 6.08. The Bertz CT molecular complexity index is 254. The van der Waals surface area contributed by atoms with Gasteiger partial charge in [-0.1, -0.05) is 0 Å². The monoisotopic (exact) mass is 164 g/mol. The van der Waals surface area contributed by atoms with E-state index < -0.39 is 0 Å². The topological polar surface area (TPSA) is 34.1 Å². The molecule has 0 aromatic heterocycles. The number of ketones is 2. The summed E-state index contributed by atoms with van der Waals surface area (Å²) < 4.78 is 0. The van der Waals surface area contributed by atoms with Gasteiger partial charge < -0.3 is 0 Å². The van der Waals surface area contributed by atoms with Crippen LogP contribution in [0.1, 0.15) is 38.5 Å². The van der Waals surface area contributed by atoms with Gasteiger partial charge in [0.2, 0.25) is 0 Å². The van der Waals surface area contributed by atoms with Gasteiger partial charge in [0.1, 0.15) is 11.6 Å². The molecule has 3 aliphatic rings. The summed E-state index contributed by atoms with van der Waals surface area (Å²) >= 11 is 0. The van der Waals surface area contributed by atoms with Gasteiger partial charge in [-0.25, -0.2) is 0 Å². The Kier molecular flexibility index (Phi) is 0.940. The van der Waals surface area contributed by atoms with Crippen molar-refractivity contribution in [1.29, 1.82) is 0 Å². The number of Topliss-reactive ketones (excluding diaryl/α,β-unsaturated/α-hetero) is 2. The lowest BCUT2D eigenvalue weighted by molar-refractivity contribution is -0.138. The first-order valence-corrected chi connectivity index (χ1v) is 4.74. The molecule has 3 rings (SSSR count). The molecule has 0 aromatic rings. The van der Waals surface area contributed by atoms with E-state index in [1.807, 2.05) is 0 Å². The van der Waals surface area contributed by atoms with E-state index in [9.17, 15) is 9.59 Å². The maximum absolute atomic E-state index is 11.5. The number of rotatable bonds is 0. The molecule has 2 spiro atoms. The predicted octanol–water partition coefficient (Wildman–Crippen LogP) is 1.48. The predicted molar refractivity (Wildman–Crippen MR) is 42.6 cm³/mol. The molecule has 12 heavy (non-hydrogen) atoms. The minimum absolute atomic E-state index is 0.00438. The number of carbonyl (C=O) groups is 2. The van der Waals surface area contributed by atoms with Crippen molar-refractivity contribution in [2.45, 2.75) is 38.5 Å². The summed E-state index contributed by atoms with van der Waals surface area (Å²) in [5.41, 5.74) is 0.00875. The standard InChI is InChI=1S/C10H12O2/c11-7-5-8(12)10(3-4-10)6-9(7)1-2-9/h1-6H2. The van der Waals surface area contributed by atoms with Crippen LogP contribution in [0, 0.1) is 10.8 Å². The molecular weight excluding hydrogens is 152 g/mol. The largest absolute Gasteiger partial charge is 0.299 e. The Labute approximate surface area is 71.3 Å². The van der Waals surface area contributed by atoms with Gasteiger partial charge >= 0.3 is 0 Å². The first kappa shape index (κ1) is 6.81. The second-order valence-electron chi connectivity index (χ2n) is 4.76. The van der Waals surface area contributed by atoms with Gasteiger partial charge in [0.25, 0.3) is 0 Å². The third-order valence-corrected chi connectivity index (χ3v) is 3.89. The molecule has 2 heteroatoms. The Morgan fingerprint density at radius 1 is 0.833 bits per heavy atom. The minimum Gasteiger partial charge on any atom is -0.299 e. The first-order valence-electron chi connectivity index (χ1n) is 4.74. The van der Waals surface area contributed by atoms with E-state index in [1.54, 1.807) is 0 Å². The van der Waals surface area contributed by atoms with Crippen LogP contribution in [0.5, 0.6) is 0 Å². The van der Waals surface area contributed by atoms with Gasteiger partial charge in [0.15, 0.2) is 0 Å². The molecule has 0 bridgehead atoms. The Morgan fingerprint density at radius 3 is 1.58 bits per heavy atom. The normalized spacial score (nSPS) is 34.3. The van der Waals surface area contributed by atoms with Crippen molar-refractivity contribution in [1.82, 2.24) is 0 Å². The molecule has 2 nitrogen and oxygen atoms in total. The van der Waals surface area contributed by atoms with E-state index in [-0.39, 0.29) is 28.8 Å². The van der Waals surface area contributed by atoms with Gasteiger partial charge in [-0.05, 0) is 32.1 Å². The molecule has 3 fully saturated rings. The van der Waals surface area contributed by atoms with Crippen LogP contribution in [0.25, 0.3) is 0 Å². The zero-order valence-corrected chi connectivity index (χ0v) is 7.06. The molecule has 0 N–H and O–H groups in total. The maximum Gasteiger partial charge on any atom is 0.146 e. The van der Waals surface area contributed by atoms with Crippen molar-refractivity contribution in [2.75, 3.05) is 0 Å². The second kappa shape index (κ2) is 1.66. The molecule has 64 valence electrons. The molecule has 0 saturated heterocycles. The molecule has 0 aliphatic heterocycles. The molecule has 0 amide bonds. The van der Waals surface area contributed by atoms with Crippen LogP contribution in [0.4, 0.5) is 0 Å². The first-order chi connectivity index (χ1) is 5.67. The fourth-order valence-corrected chi connectivity index (χ4v) is 2.58. The Balaban J connectivity index is 1.94. The van der Waals surface area contributed by atoms with Crippen LogP contribution in [0.2, 0.25) is 0 Å². The van der Waals surface area contributed by atoms with E-state index in [1.165, 1.54) is 0 Å². The second-order valence-corrected chi connectivity index (χ2v) is 4.76. The van der Waals surface area contributed by atoms with Crippen LogP contribution < -0.4 is 0 Å². The average Bonchev–Trinajstić information content (AvgIpc) is 2.86. The highest BCUT2D eigenvalue weighted by Crippen LogP contribution is 2.65. The van der Waals surface area contributed by atoms with Gasteiger partial charge in [-0.3, -0.25) is 9.59 Å². The molecule has 0 radical (unpaired) electrons. The van der Waals surface area contributed by atoms with Crippen LogP contribution in [0.3, 0.4) is 0 Å². The van der Waals surface area contributed by atoms with Crippen molar-refractivity contribution in [3.05, 3.63) is 0 Å². The minimum atomic E-state index is 0.00438. The van der Waals surface area contributed by atoms with Crippen LogP contribution in [0.15, 0.2) is 0 Å². The maximum atomic E-state index is 11.5. The Morgan fingerprint density at radius 2 is 1.25 bits per heavy atom. The van der Waals surface area contributed by atoms with Crippen LogP contribution in [-0.4, -0.2) is 11.6 Å². The van der Waals surface area contributed by atoms with Crippen molar-refractivity contribution in [3.63, 3.8) is 0 Å². The highest BCUT2D eigenvalue weighted by Gasteiger charge is 2.64. The van der Waals surface area contributed by atoms with Crippen molar-refractivity contribution >= 4 is 11.6 Å². The molecule has 0 heterocycles. The van der Waals surface area contributed by atoms with E-state index in [4.69, 9.17) is 0 Å². The summed E-state index contributed by atoms with van der Waals surface area (Å²) in [4.78, 5) is 23.0. The van der Waals surface area contributed by atoms with Crippen LogP contribution >= 0.6 is 0 Å². The van der Waals surface area contributed by atoms with E-state index in [0.29, 0.717) is 0 Å². The van der Waals surface area contributed by atoms with E-state index >= 15 is 0 Å². The van der Waals surface area contributed by atoms with Gasteiger partial charge in [0, 0.05) is 10.8 Å². The van der Waals surface area contributed by atoms with E-state index in [2.05, 4.69) is 0 Å². The SMILES string of the molecule is O=C1CC(=O)C2(CC2)CC12CC2. The third-order valence-electron chi connectivity index (χ3n) is 3.89. The van der Waals surface area contributed by atoms with Crippen LogP contribution in [-0.2, 0) is 9.59 Å². The molecule has 3 saturated carbocycles. The zero-order valence-electron chi connectivity index (χ0n) is 7.06. The summed E-state index contributed by atoms with van der Waals surface area (Å²) in [6, 6.07) is 0. The molecule has 0 atom stereocenters. The zero-order chi connectivity index (χ0) is 8.40. The summed E-state index contributed by atoms with van der Waals surface area (Å²) in [5.74, 6) is 0.482. The summed E-state index contributed by atoms with van der Waals surface area (Å²) in [6.07, 6.45) is 5.38. The van der Waals surface area contributed by atoms with Gasteiger partial charge in [0.05, 0.1) is 6.42 Å². The molecule has 0 unspecified atom stereocenters. The number of carbonyl (C=O) groups excluding carboxylic acids is 2. The third kappa shape index (κ3) is 0.661. The lowest BCUT2D eigenvalue weighted by Crippen LogP contribution is -2.34. The molecule has 0 aromatic carbocycles. The lowest BCUT2D eigenvalue weighted by atomic mass is 9.75. The van der Waals surface area contributed by atoms with E-state index in [0.717, 1.165) is 32.1 Å². The average molecular weight is 164 g/mol.